The third-order valence-electron chi connectivity index (χ3n) is 3.80. The molecule has 3 rings (SSSR count). The molecule has 1 saturated heterocycles. The summed E-state index contributed by atoms with van der Waals surface area (Å²) in [7, 11) is 0. The first kappa shape index (κ1) is 14.1. The molecule has 1 aromatic carbocycles. The third kappa shape index (κ3) is 2.95. The summed E-state index contributed by atoms with van der Waals surface area (Å²) in [5.41, 5.74) is 0.646. The van der Waals surface area contributed by atoms with Gasteiger partial charge in [0.25, 0.3) is 0 Å². The molecule has 1 aliphatic heterocycles. The number of benzene rings is 1. The van der Waals surface area contributed by atoms with Gasteiger partial charge in [-0.15, -0.1) is 0 Å². The lowest BCUT2D eigenvalue weighted by molar-refractivity contribution is -0.131. The Morgan fingerprint density at radius 1 is 1.43 bits per heavy atom. The van der Waals surface area contributed by atoms with E-state index in [0.717, 1.165) is 18.6 Å². The van der Waals surface area contributed by atoms with Crippen LogP contribution in [0.4, 0.5) is 4.39 Å². The van der Waals surface area contributed by atoms with Gasteiger partial charge in [0.15, 0.2) is 0 Å². The molecule has 110 valence electrons. The average Bonchev–Trinajstić information content (AvgIpc) is 3.10. The SMILES string of the molecule is O=C(Cc1ccc(F)cc1Cl)N1CCC[C@@H]1c1ccco1. The van der Waals surface area contributed by atoms with Gasteiger partial charge in [-0.3, -0.25) is 4.79 Å². The molecular weight excluding hydrogens is 293 g/mol. The number of likely N-dealkylation sites (tertiary alicyclic amines) is 1. The molecule has 0 unspecified atom stereocenters. The molecule has 0 aliphatic carbocycles. The van der Waals surface area contributed by atoms with Gasteiger partial charge in [-0.1, -0.05) is 17.7 Å². The van der Waals surface area contributed by atoms with Crippen LogP contribution in [0.1, 0.15) is 30.2 Å². The molecule has 0 bridgehead atoms. The second-order valence-electron chi connectivity index (χ2n) is 5.17. The van der Waals surface area contributed by atoms with E-state index in [1.165, 1.54) is 12.1 Å². The zero-order chi connectivity index (χ0) is 14.8. The normalized spacial score (nSPS) is 18.2. The van der Waals surface area contributed by atoms with E-state index in [0.29, 0.717) is 12.1 Å². The Kier molecular flexibility index (Phi) is 3.97. The zero-order valence-electron chi connectivity index (χ0n) is 11.4. The Labute approximate surface area is 127 Å². The van der Waals surface area contributed by atoms with E-state index in [4.69, 9.17) is 16.0 Å². The highest BCUT2D eigenvalue weighted by atomic mass is 35.5. The van der Waals surface area contributed by atoms with Crippen LogP contribution in [-0.2, 0) is 11.2 Å². The van der Waals surface area contributed by atoms with Crippen molar-refractivity contribution >= 4 is 17.5 Å². The van der Waals surface area contributed by atoms with Gasteiger partial charge >= 0.3 is 0 Å². The predicted octanol–water partition coefficient (Wildman–Crippen LogP) is 3.98. The first-order valence-electron chi connectivity index (χ1n) is 6.92. The van der Waals surface area contributed by atoms with Gasteiger partial charge in [0, 0.05) is 11.6 Å². The summed E-state index contributed by atoms with van der Waals surface area (Å²) in [6, 6.07) is 7.83. The van der Waals surface area contributed by atoms with Gasteiger partial charge < -0.3 is 9.32 Å². The number of carbonyl (C=O) groups is 1. The monoisotopic (exact) mass is 307 g/mol. The molecule has 5 heteroatoms. The standard InChI is InChI=1S/C16H15ClFNO2/c17-13-10-12(18)6-5-11(13)9-16(20)19-7-1-3-14(19)15-4-2-8-21-15/h2,4-6,8,10,14H,1,3,7,9H2/t14-/m1/s1. The van der Waals surface area contributed by atoms with Crippen molar-refractivity contribution in [2.24, 2.45) is 0 Å². The maximum Gasteiger partial charge on any atom is 0.227 e. The van der Waals surface area contributed by atoms with Crippen LogP contribution in [0.2, 0.25) is 5.02 Å². The van der Waals surface area contributed by atoms with Crippen molar-refractivity contribution in [3.8, 4) is 0 Å². The van der Waals surface area contributed by atoms with Crippen LogP contribution in [0.15, 0.2) is 41.0 Å². The molecule has 0 radical (unpaired) electrons. The number of rotatable bonds is 3. The lowest BCUT2D eigenvalue weighted by atomic mass is 10.1. The number of hydrogen-bond acceptors (Lipinski definition) is 2. The summed E-state index contributed by atoms with van der Waals surface area (Å²) in [6.07, 6.45) is 3.65. The molecule has 0 spiro atoms. The number of hydrogen-bond donors (Lipinski definition) is 0. The lowest BCUT2D eigenvalue weighted by Crippen LogP contribution is -2.31. The summed E-state index contributed by atoms with van der Waals surface area (Å²) >= 11 is 5.99. The van der Waals surface area contributed by atoms with E-state index in [-0.39, 0.29) is 23.4 Å². The summed E-state index contributed by atoms with van der Waals surface area (Å²) in [5.74, 6) is 0.402. The van der Waals surface area contributed by atoms with E-state index >= 15 is 0 Å². The highest BCUT2D eigenvalue weighted by Crippen LogP contribution is 2.33. The van der Waals surface area contributed by atoms with Crippen LogP contribution in [0, 0.1) is 5.82 Å². The van der Waals surface area contributed by atoms with Crippen molar-refractivity contribution in [3.05, 3.63) is 58.8 Å². The Balaban J connectivity index is 1.75. The minimum Gasteiger partial charge on any atom is -0.467 e. The maximum atomic E-state index is 13.0. The Morgan fingerprint density at radius 2 is 2.29 bits per heavy atom. The predicted molar refractivity (Wildman–Crippen MR) is 77.5 cm³/mol. The quantitative estimate of drug-likeness (QED) is 0.859. The summed E-state index contributed by atoms with van der Waals surface area (Å²) in [4.78, 5) is 14.3. The maximum absolute atomic E-state index is 13.0. The molecule has 1 fully saturated rings. The Hall–Kier alpha value is -1.81. The van der Waals surface area contributed by atoms with Gasteiger partial charge in [0.1, 0.15) is 11.6 Å². The van der Waals surface area contributed by atoms with Crippen LogP contribution < -0.4 is 0 Å². The van der Waals surface area contributed by atoms with Gasteiger partial charge in [0.05, 0.1) is 18.7 Å². The lowest BCUT2D eigenvalue weighted by Gasteiger charge is -2.23. The number of nitrogens with zero attached hydrogens (tertiary/aromatic N) is 1. The molecule has 1 aliphatic rings. The number of carbonyl (C=O) groups excluding carboxylic acids is 1. The molecule has 2 aromatic rings. The van der Waals surface area contributed by atoms with E-state index < -0.39 is 5.82 Å². The number of furan rings is 1. The van der Waals surface area contributed by atoms with Crippen LogP contribution >= 0.6 is 11.6 Å². The van der Waals surface area contributed by atoms with Crippen molar-refractivity contribution in [1.82, 2.24) is 4.90 Å². The fourth-order valence-corrected chi connectivity index (χ4v) is 3.01. The topological polar surface area (TPSA) is 33.5 Å². The van der Waals surface area contributed by atoms with Crippen LogP contribution in [0.3, 0.4) is 0 Å². The third-order valence-corrected chi connectivity index (χ3v) is 4.15. The Bertz CT molecular complexity index is 642. The highest BCUT2D eigenvalue weighted by Gasteiger charge is 2.31. The van der Waals surface area contributed by atoms with Crippen LogP contribution in [0.25, 0.3) is 0 Å². The molecule has 0 saturated carbocycles. The Morgan fingerprint density at radius 3 is 3.00 bits per heavy atom. The molecule has 1 atom stereocenters. The minimum atomic E-state index is -0.397. The van der Waals surface area contributed by atoms with Crippen LogP contribution in [0.5, 0.6) is 0 Å². The van der Waals surface area contributed by atoms with E-state index in [1.54, 1.807) is 12.3 Å². The molecule has 3 nitrogen and oxygen atoms in total. The van der Waals surface area contributed by atoms with Gasteiger partial charge in [-0.05, 0) is 42.7 Å². The van der Waals surface area contributed by atoms with Gasteiger partial charge in [0.2, 0.25) is 5.91 Å². The summed E-state index contributed by atoms with van der Waals surface area (Å²) < 4.78 is 18.5. The van der Waals surface area contributed by atoms with E-state index in [2.05, 4.69) is 0 Å². The van der Waals surface area contributed by atoms with Crippen molar-refractivity contribution in [1.29, 1.82) is 0 Å². The largest absolute Gasteiger partial charge is 0.467 e. The van der Waals surface area contributed by atoms with Gasteiger partial charge in [-0.25, -0.2) is 4.39 Å². The molecule has 1 amide bonds. The van der Waals surface area contributed by atoms with Gasteiger partial charge in [-0.2, -0.15) is 0 Å². The average molecular weight is 308 g/mol. The van der Waals surface area contributed by atoms with Crippen molar-refractivity contribution in [3.63, 3.8) is 0 Å². The first-order chi connectivity index (χ1) is 10.1. The molecular formula is C16H15ClFNO2. The molecule has 2 heterocycles. The fourth-order valence-electron chi connectivity index (χ4n) is 2.77. The number of amides is 1. The van der Waals surface area contributed by atoms with Crippen molar-refractivity contribution in [2.75, 3.05) is 6.54 Å². The number of halogens is 2. The second kappa shape index (κ2) is 5.90. The van der Waals surface area contributed by atoms with Crippen molar-refractivity contribution < 1.29 is 13.6 Å². The van der Waals surface area contributed by atoms with E-state index in [1.807, 2.05) is 17.0 Å². The highest BCUT2D eigenvalue weighted by molar-refractivity contribution is 6.31. The van der Waals surface area contributed by atoms with Crippen molar-refractivity contribution in [2.45, 2.75) is 25.3 Å². The molecule has 0 N–H and O–H groups in total. The fraction of sp³-hybridized carbons (Fsp3) is 0.312. The zero-order valence-corrected chi connectivity index (χ0v) is 12.1. The van der Waals surface area contributed by atoms with Crippen LogP contribution in [-0.4, -0.2) is 17.4 Å². The summed E-state index contributed by atoms with van der Waals surface area (Å²) in [6.45, 7) is 0.711. The summed E-state index contributed by atoms with van der Waals surface area (Å²) in [5, 5.41) is 0.289. The second-order valence-corrected chi connectivity index (χ2v) is 5.58. The smallest absolute Gasteiger partial charge is 0.227 e. The first-order valence-corrected chi connectivity index (χ1v) is 7.30. The minimum absolute atomic E-state index is 0.00766. The van der Waals surface area contributed by atoms with E-state index in [9.17, 15) is 9.18 Å². The molecule has 1 aromatic heterocycles. The molecule has 21 heavy (non-hydrogen) atoms.